The summed E-state index contributed by atoms with van der Waals surface area (Å²) in [5.41, 5.74) is 0. The summed E-state index contributed by atoms with van der Waals surface area (Å²) >= 11 is 0. The molecule has 0 aliphatic carbocycles. The molecule has 1 saturated heterocycles. The minimum Gasteiger partial charge on any atom is -0.469 e. The molecule has 1 aromatic heterocycles. The van der Waals surface area contributed by atoms with E-state index in [1.807, 2.05) is 4.90 Å². The summed E-state index contributed by atoms with van der Waals surface area (Å²) in [7, 11) is 1.39. The maximum absolute atomic E-state index is 12.7. The zero-order valence-electron chi connectivity index (χ0n) is 10.9. The smallest absolute Gasteiger partial charge is 0.306 e. The molecule has 2 rings (SSSR count). The van der Waals surface area contributed by atoms with Gasteiger partial charge in [0.05, 0.1) is 25.9 Å². The Labute approximate surface area is 111 Å². The zero-order chi connectivity index (χ0) is 13.7. The van der Waals surface area contributed by atoms with Gasteiger partial charge in [-0.05, 0) is 0 Å². The molecule has 19 heavy (non-hydrogen) atoms. The highest BCUT2D eigenvalue weighted by atomic mass is 19.1. The lowest BCUT2D eigenvalue weighted by atomic mass is 10.3. The first-order valence-electron chi connectivity index (χ1n) is 6.20. The molecule has 0 atom stereocenters. The van der Waals surface area contributed by atoms with Gasteiger partial charge in [0.1, 0.15) is 0 Å². The molecule has 0 aromatic carbocycles. The molecular formula is C12H17FN4O2. The second-order valence-electron chi connectivity index (χ2n) is 4.36. The number of esters is 1. The number of carbonyl (C=O) groups is 1. The van der Waals surface area contributed by atoms with Crippen LogP contribution in [-0.2, 0) is 9.53 Å². The molecule has 0 bridgehead atoms. The van der Waals surface area contributed by atoms with E-state index in [1.165, 1.54) is 19.5 Å². The van der Waals surface area contributed by atoms with Gasteiger partial charge in [-0.1, -0.05) is 0 Å². The van der Waals surface area contributed by atoms with Gasteiger partial charge in [0, 0.05) is 32.7 Å². The van der Waals surface area contributed by atoms with Gasteiger partial charge >= 0.3 is 5.97 Å². The van der Waals surface area contributed by atoms with E-state index in [9.17, 15) is 9.18 Å². The average Bonchev–Trinajstić information content (AvgIpc) is 2.46. The lowest BCUT2D eigenvalue weighted by Crippen LogP contribution is -2.47. The number of rotatable bonds is 4. The van der Waals surface area contributed by atoms with E-state index >= 15 is 0 Å². The minimum atomic E-state index is -0.430. The Morgan fingerprint density at radius 3 is 2.53 bits per heavy atom. The molecule has 0 amide bonds. The molecule has 6 nitrogen and oxygen atoms in total. The van der Waals surface area contributed by atoms with Crippen molar-refractivity contribution < 1.29 is 13.9 Å². The number of piperazine rings is 1. The first-order valence-corrected chi connectivity index (χ1v) is 6.20. The predicted octanol–water partition coefficient (Wildman–Crippen LogP) is 0.301. The van der Waals surface area contributed by atoms with Gasteiger partial charge in [-0.25, -0.2) is 14.4 Å². The van der Waals surface area contributed by atoms with Crippen LogP contribution in [0.1, 0.15) is 6.42 Å². The molecule has 1 aliphatic rings. The molecule has 0 spiro atoms. The second kappa shape index (κ2) is 6.42. The molecule has 0 radical (unpaired) electrons. The van der Waals surface area contributed by atoms with Gasteiger partial charge in [-0.15, -0.1) is 0 Å². The van der Waals surface area contributed by atoms with Crippen molar-refractivity contribution in [3.05, 3.63) is 18.2 Å². The molecule has 104 valence electrons. The summed E-state index contributed by atoms with van der Waals surface area (Å²) in [4.78, 5) is 23.2. The Hall–Kier alpha value is -1.76. The molecule has 1 aromatic rings. The van der Waals surface area contributed by atoms with E-state index < -0.39 is 5.82 Å². The third-order valence-electron chi connectivity index (χ3n) is 3.12. The van der Waals surface area contributed by atoms with Crippen molar-refractivity contribution in [1.29, 1.82) is 0 Å². The van der Waals surface area contributed by atoms with E-state index in [2.05, 4.69) is 19.6 Å². The van der Waals surface area contributed by atoms with Crippen LogP contribution in [0.5, 0.6) is 0 Å². The molecule has 7 heteroatoms. The summed E-state index contributed by atoms with van der Waals surface area (Å²) in [6.07, 6.45) is 2.75. The second-order valence-corrected chi connectivity index (χ2v) is 4.36. The number of carbonyl (C=O) groups excluding carboxylic acids is 1. The summed E-state index contributed by atoms with van der Waals surface area (Å²) in [6.45, 7) is 3.90. The largest absolute Gasteiger partial charge is 0.469 e. The number of aromatic nitrogens is 2. The zero-order valence-corrected chi connectivity index (χ0v) is 10.9. The van der Waals surface area contributed by atoms with Crippen molar-refractivity contribution in [3.63, 3.8) is 0 Å². The maximum Gasteiger partial charge on any atom is 0.306 e. The highest BCUT2D eigenvalue weighted by Crippen LogP contribution is 2.10. The Bertz CT molecular complexity index is 418. The molecule has 1 fully saturated rings. The molecule has 0 unspecified atom stereocenters. The molecule has 2 heterocycles. The molecule has 1 aliphatic heterocycles. The van der Waals surface area contributed by atoms with Crippen molar-refractivity contribution in [2.75, 3.05) is 44.7 Å². The monoisotopic (exact) mass is 268 g/mol. The van der Waals surface area contributed by atoms with Gasteiger partial charge in [0.15, 0.2) is 5.82 Å². The number of hydrogen-bond acceptors (Lipinski definition) is 6. The van der Waals surface area contributed by atoms with E-state index in [0.29, 0.717) is 18.9 Å². The quantitative estimate of drug-likeness (QED) is 0.732. The summed E-state index contributed by atoms with van der Waals surface area (Å²) in [5, 5.41) is 0. The number of anilines is 1. The highest BCUT2D eigenvalue weighted by molar-refractivity contribution is 5.69. The van der Waals surface area contributed by atoms with Gasteiger partial charge in [-0.3, -0.25) is 9.69 Å². The van der Waals surface area contributed by atoms with Crippen LogP contribution in [0.2, 0.25) is 0 Å². The lowest BCUT2D eigenvalue weighted by molar-refractivity contribution is -0.141. The van der Waals surface area contributed by atoms with E-state index in [1.54, 1.807) is 0 Å². The van der Waals surface area contributed by atoms with Crippen molar-refractivity contribution in [3.8, 4) is 0 Å². The third-order valence-corrected chi connectivity index (χ3v) is 3.12. The summed E-state index contributed by atoms with van der Waals surface area (Å²) < 4.78 is 17.3. The highest BCUT2D eigenvalue weighted by Gasteiger charge is 2.19. The van der Waals surface area contributed by atoms with Crippen LogP contribution in [0.3, 0.4) is 0 Å². The first kappa shape index (κ1) is 13.7. The van der Waals surface area contributed by atoms with E-state index in [0.717, 1.165) is 26.2 Å². The SMILES string of the molecule is COC(=O)CCN1CCN(c2ncc(F)cn2)CC1. The predicted molar refractivity (Wildman–Crippen MR) is 67.3 cm³/mol. The standard InChI is InChI=1S/C12H17FN4O2/c1-19-11(18)2-3-16-4-6-17(7-5-16)12-14-8-10(13)9-15-12/h8-9H,2-7H2,1H3. The van der Waals surface area contributed by atoms with Crippen molar-refractivity contribution in [2.24, 2.45) is 0 Å². The van der Waals surface area contributed by atoms with Crippen LogP contribution in [0, 0.1) is 5.82 Å². The van der Waals surface area contributed by atoms with Crippen molar-refractivity contribution in [2.45, 2.75) is 6.42 Å². The van der Waals surface area contributed by atoms with Gasteiger partial charge in [0.2, 0.25) is 5.95 Å². The van der Waals surface area contributed by atoms with Gasteiger partial charge in [-0.2, -0.15) is 0 Å². The Kier molecular flexibility index (Phi) is 4.62. The van der Waals surface area contributed by atoms with Crippen LogP contribution in [0.25, 0.3) is 0 Å². The fourth-order valence-electron chi connectivity index (χ4n) is 1.99. The van der Waals surface area contributed by atoms with Crippen LogP contribution in [-0.4, -0.2) is 60.7 Å². The Balaban J connectivity index is 1.79. The topological polar surface area (TPSA) is 58.6 Å². The average molecular weight is 268 g/mol. The first-order chi connectivity index (χ1) is 9.19. The molecule has 0 saturated carbocycles. The van der Waals surface area contributed by atoms with Crippen molar-refractivity contribution >= 4 is 11.9 Å². The summed E-state index contributed by atoms with van der Waals surface area (Å²) in [5.74, 6) is -0.0706. The van der Waals surface area contributed by atoms with E-state index in [4.69, 9.17) is 0 Å². The minimum absolute atomic E-state index is 0.190. The number of methoxy groups -OCH3 is 1. The number of hydrogen-bond donors (Lipinski definition) is 0. The Morgan fingerprint density at radius 2 is 1.95 bits per heavy atom. The summed E-state index contributed by atoms with van der Waals surface area (Å²) in [6, 6.07) is 0. The number of ether oxygens (including phenoxy) is 1. The molecular weight excluding hydrogens is 251 g/mol. The fourth-order valence-corrected chi connectivity index (χ4v) is 1.99. The normalized spacial score (nSPS) is 16.4. The third kappa shape index (κ3) is 3.85. The van der Waals surface area contributed by atoms with Crippen LogP contribution < -0.4 is 4.90 Å². The van der Waals surface area contributed by atoms with Crippen LogP contribution in [0.15, 0.2) is 12.4 Å². The number of halogens is 1. The van der Waals surface area contributed by atoms with Crippen molar-refractivity contribution in [1.82, 2.24) is 14.9 Å². The Morgan fingerprint density at radius 1 is 1.32 bits per heavy atom. The maximum atomic E-state index is 12.7. The van der Waals surface area contributed by atoms with Crippen LogP contribution in [0.4, 0.5) is 10.3 Å². The number of nitrogens with zero attached hydrogens (tertiary/aromatic N) is 4. The van der Waals surface area contributed by atoms with Crippen LogP contribution >= 0.6 is 0 Å². The fraction of sp³-hybridized carbons (Fsp3) is 0.583. The van der Waals surface area contributed by atoms with E-state index in [-0.39, 0.29) is 5.97 Å². The lowest BCUT2D eigenvalue weighted by Gasteiger charge is -2.34. The van der Waals surface area contributed by atoms with Gasteiger partial charge < -0.3 is 9.64 Å². The molecule has 0 N–H and O–H groups in total. The van der Waals surface area contributed by atoms with Gasteiger partial charge in [0.25, 0.3) is 0 Å².